The quantitative estimate of drug-likeness (QED) is 0.455. The van der Waals surface area contributed by atoms with Gasteiger partial charge in [-0.05, 0) is 68.1 Å². The molecule has 0 saturated carbocycles. The van der Waals surface area contributed by atoms with Crippen molar-refractivity contribution in [3.8, 4) is 5.75 Å². The van der Waals surface area contributed by atoms with Gasteiger partial charge in [0.15, 0.2) is 0 Å². The maximum Gasteiger partial charge on any atom is 0.119 e. The highest BCUT2D eigenvalue weighted by molar-refractivity contribution is 5.82. The number of allylic oxidation sites excluding steroid dienone is 1. The lowest BCUT2D eigenvalue weighted by Crippen LogP contribution is -2.30. The summed E-state index contributed by atoms with van der Waals surface area (Å²) < 4.78 is 6.00. The summed E-state index contributed by atoms with van der Waals surface area (Å²) in [4.78, 5) is 2.48. The lowest BCUT2D eigenvalue weighted by molar-refractivity contribution is 0.209. The molecule has 0 aromatic heterocycles. The fourth-order valence-electron chi connectivity index (χ4n) is 3.42. The van der Waals surface area contributed by atoms with Gasteiger partial charge in [0.1, 0.15) is 12.4 Å². The van der Waals surface area contributed by atoms with E-state index in [4.69, 9.17) is 4.74 Å². The molecule has 2 nitrogen and oxygen atoms in total. The van der Waals surface area contributed by atoms with Crippen LogP contribution < -0.4 is 4.74 Å². The van der Waals surface area contributed by atoms with Gasteiger partial charge in [-0.1, -0.05) is 68.8 Å². The van der Waals surface area contributed by atoms with E-state index in [9.17, 15) is 0 Å². The summed E-state index contributed by atoms with van der Waals surface area (Å²) in [7, 11) is 0. The third kappa shape index (κ3) is 6.55. The highest BCUT2D eigenvalue weighted by Gasteiger charge is 2.09. The van der Waals surface area contributed by atoms with E-state index >= 15 is 0 Å². The zero-order valence-corrected chi connectivity index (χ0v) is 17.5. The summed E-state index contributed by atoms with van der Waals surface area (Å²) >= 11 is 0. The molecule has 146 valence electrons. The van der Waals surface area contributed by atoms with Gasteiger partial charge >= 0.3 is 0 Å². The standard InChI is InChI=1S/C25H35NO/c1-5-17-26(18-6-2)19-20-27-24-15-13-23(14-16-24)25(21(4)7-3)22-11-9-8-10-12-22/h8-16H,5-7,17-20H2,1-4H3/b25-21-. The molecule has 0 aliphatic heterocycles. The predicted octanol–water partition coefficient (Wildman–Crippen LogP) is 6.42. The molecule has 0 heterocycles. The lowest BCUT2D eigenvalue weighted by Gasteiger charge is -2.21. The van der Waals surface area contributed by atoms with Crippen LogP contribution in [-0.4, -0.2) is 31.1 Å². The summed E-state index contributed by atoms with van der Waals surface area (Å²) in [5.41, 5.74) is 5.28. The number of hydrogen-bond acceptors (Lipinski definition) is 2. The van der Waals surface area contributed by atoms with Gasteiger partial charge in [0.2, 0.25) is 0 Å². The molecule has 0 aliphatic rings. The number of hydrogen-bond donors (Lipinski definition) is 0. The third-order valence-electron chi connectivity index (χ3n) is 4.92. The van der Waals surface area contributed by atoms with E-state index < -0.39 is 0 Å². The molecule has 0 bridgehead atoms. The van der Waals surface area contributed by atoms with E-state index in [0.29, 0.717) is 0 Å². The molecule has 27 heavy (non-hydrogen) atoms. The molecule has 0 aliphatic carbocycles. The highest BCUT2D eigenvalue weighted by atomic mass is 16.5. The average molecular weight is 366 g/mol. The van der Waals surface area contributed by atoms with Crippen molar-refractivity contribution in [3.05, 3.63) is 71.3 Å². The second kappa shape index (κ2) is 11.6. The molecular weight excluding hydrogens is 330 g/mol. The molecule has 0 spiro atoms. The first-order valence-electron chi connectivity index (χ1n) is 10.4. The number of benzene rings is 2. The second-order valence-corrected chi connectivity index (χ2v) is 7.09. The van der Waals surface area contributed by atoms with Crippen molar-refractivity contribution in [1.82, 2.24) is 4.90 Å². The molecule has 2 rings (SSSR count). The number of ether oxygens (including phenoxy) is 1. The van der Waals surface area contributed by atoms with E-state index in [1.54, 1.807) is 0 Å². The van der Waals surface area contributed by atoms with Gasteiger partial charge in [0.05, 0.1) is 0 Å². The Kier molecular flexibility index (Phi) is 9.13. The van der Waals surface area contributed by atoms with Crippen molar-refractivity contribution in [2.45, 2.75) is 47.0 Å². The fourth-order valence-corrected chi connectivity index (χ4v) is 3.42. The Morgan fingerprint density at radius 1 is 0.778 bits per heavy atom. The van der Waals surface area contributed by atoms with Gasteiger partial charge in [-0.2, -0.15) is 0 Å². The van der Waals surface area contributed by atoms with E-state index in [0.717, 1.165) is 38.4 Å². The van der Waals surface area contributed by atoms with E-state index in [2.05, 4.69) is 87.2 Å². The Morgan fingerprint density at radius 2 is 1.37 bits per heavy atom. The first-order chi connectivity index (χ1) is 13.2. The van der Waals surface area contributed by atoms with Crippen LogP contribution in [0.15, 0.2) is 60.2 Å². The monoisotopic (exact) mass is 365 g/mol. The van der Waals surface area contributed by atoms with Crippen LogP contribution in [0, 0.1) is 0 Å². The summed E-state index contributed by atoms with van der Waals surface area (Å²) in [6, 6.07) is 19.2. The SMILES string of the molecule is CCCN(CCC)CCOc1ccc(/C(=C(/C)CC)c2ccccc2)cc1. The van der Waals surface area contributed by atoms with Crippen molar-refractivity contribution in [1.29, 1.82) is 0 Å². The van der Waals surface area contributed by atoms with E-state index in [1.165, 1.54) is 35.1 Å². The minimum atomic E-state index is 0.745. The Labute approximate surface area is 165 Å². The van der Waals surface area contributed by atoms with Crippen LogP contribution in [0.3, 0.4) is 0 Å². The largest absolute Gasteiger partial charge is 0.492 e. The summed E-state index contributed by atoms with van der Waals surface area (Å²) in [5.74, 6) is 0.952. The van der Waals surface area contributed by atoms with Gasteiger partial charge < -0.3 is 4.74 Å². The second-order valence-electron chi connectivity index (χ2n) is 7.09. The minimum Gasteiger partial charge on any atom is -0.492 e. The topological polar surface area (TPSA) is 12.5 Å². The predicted molar refractivity (Wildman–Crippen MR) is 117 cm³/mol. The van der Waals surface area contributed by atoms with Crippen LogP contribution in [0.4, 0.5) is 0 Å². The van der Waals surface area contributed by atoms with Crippen LogP contribution >= 0.6 is 0 Å². The molecule has 0 unspecified atom stereocenters. The average Bonchev–Trinajstić information content (AvgIpc) is 2.70. The van der Waals surface area contributed by atoms with Crippen LogP contribution in [0.25, 0.3) is 5.57 Å². The molecule has 0 amide bonds. The summed E-state index contributed by atoms with van der Waals surface area (Å²) in [5, 5.41) is 0. The molecule has 2 aromatic rings. The van der Waals surface area contributed by atoms with Gasteiger partial charge in [-0.15, -0.1) is 0 Å². The molecule has 0 fully saturated rings. The summed E-state index contributed by atoms with van der Waals surface area (Å²) in [6.45, 7) is 12.9. The first kappa shape index (κ1) is 21.2. The third-order valence-corrected chi connectivity index (χ3v) is 4.92. The van der Waals surface area contributed by atoms with Crippen molar-refractivity contribution in [2.75, 3.05) is 26.2 Å². The smallest absolute Gasteiger partial charge is 0.119 e. The Hall–Kier alpha value is -2.06. The van der Waals surface area contributed by atoms with Crippen LogP contribution in [0.1, 0.15) is 58.1 Å². The van der Waals surface area contributed by atoms with Crippen molar-refractivity contribution >= 4 is 5.57 Å². The van der Waals surface area contributed by atoms with Gasteiger partial charge in [-0.25, -0.2) is 0 Å². The lowest BCUT2D eigenvalue weighted by atomic mass is 9.92. The van der Waals surface area contributed by atoms with Crippen LogP contribution in [0.2, 0.25) is 0 Å². The van der Waals surface area contributed by atoms with Gasteiger partial charge in [-0.3, -0.25) is 4.90 Å². The maximum atomic E-state index is 6.00. The molecule has 0 radical (unpaired) electrons. The Balaban J connectivity index is 2.05. The summed E-state index contributed by atoms with van der Waals surface area (Å²) in [6.07, 6.45) is 3.44. The highest BCUT2D eigenvalue weighted by Crippen LogP contribution is 2.29. The van der Waals surface area contributed by atoms with Crippen molar-refractivity contribution in [3.63, 3.8) is 0 Å². The van der Waals surface area contributed by atoms with E-state index in [1.807, 2.05) is 0 Å². The molecule has 2 heteroatoms. The van der Waals surface area contributed by atoms with Crippen LogP contribution in [-0.2, 0) is 0 Å². The zero-order valence-electron chi connectivity index (χ0n) is 17.5. The van der Waals surface area contributed by atoms with Gasteiger partial charge in [0.25, 0.3) is 0 Å². The number of rotatable bonds is 11. The Morgan fingerprint density at radius 3 is 1.93 bits per heavy atom. The van der Waals surface area contributed by atoms with Gasteiger partial charge in [0, 0.05) is 6.54 Å². The molecule has 0 N–H and O–H groups in total. The number of nitrogens with zero attached hydrogens (tertiary/aromatic N) is 1. The fraction of sp³-hybridized carbons (Fsp3) is 0.440. The normalized spacial score (nSPS) is 12.2. The Bertz CT molecular complexity index is 682. The first-order valence-corrected chi connectivity index (χ1v) is 10.4. The maximum absolute atomic E-state index is 6.00. The van der Waals surface area contributed by atoms with Crippen molar-refractivity contribution in [2.24, 2.45) is 0 Å². The van der Waals surface area contributed by atoms with Crippen LogP contribution in [0.5, 0.6) is 5.75 Å². The molecule has 2 aromatic carbocycles. The van der Waals surface area contributed by atoms with Crippen molar-refractivity contribution < 1.29 is 4.74 Å². The van der Waals surface area contributed by atoms with E-state index in [-0.39, 0.29) is 0 Å². The molecule has 0 saturated heterocycles. The zero-order chi connectivity index (χ0) is 19.5. The molecular formula is C25H35NO. The molecule has 0 atom stereocenters. The minimum absolute atomic E-state index is 0.745.